The zero-order chi connectivity index (χ0) is 92.0. The molecule has 0 saturated carbocycles. The molecule has 0 unspecified atom stereocenters. The van der Waals surface area contributed by atoms with Gasteiger partial charge in [-0.15, -0.1) is 0 Å². The maximum absolute atomic E-state index is 12.4. The Balaban J connectivity index is 0.000000457. The lowest BCUT2D eigenvalue weighted by Crippen LogP contribution is -2.15. The van der Waals surface area contributed by atoms with E-state index in [1.54, 1.807) is 91.8 Å². The van der Waals surface area contributed by atoms with Gasteiger partial charge in [0.05, 0.1) is 34.7 Å². The molecule has 124 heavy (non-hydrogen) atoms. The predicted molar refractivity (Wildman–Crippen MR) is 495 cm³/mol. The van der Waals surface area contributed by atoms with Gasteiger partial charge in [-0.25, -0.2) is 45.1 Å². The molecule has 1 atom stereocenters. The first kappa shape index (κ1) is 107. The van der Waals surface area contributed by atoms with Crippen LogP contribution in [0.3, 0.4) is 0 Å². The zero-order valence-corrected chi connectivity index (χ0v) is 71.3. The van der Waals surface area contributed by atoms with Crippen LogP contribution in [0.4, 0.5) is 74.9 Å². The Morgan fingerprint density at radius 3 is 1.27 bits per heavy atom. The lowest BCUT2D eigenvalue weighted by molar-refractivity contribution is 0.268. The quantitative estimate of drug-likeness (QED) is 0.0307. The van der Waals surface area contributed by atoms with Crippen LogP contribution in [0.25, 0.3) is 11.1 Å². The summed E-state index contributed by atoms with van der Waals surface area (Å²) < 4.78 is 97.3. The molecular weight excluding hydrogens is 1660 g/mol. The highest BCUT2D eigenvalue weighted by Crippen LogP contribution is 2.25. The molecule has 4 heterocycles. The summed E-state index contributed by atoms with van der Waals surface area (Å²) in [7, 11) is 0. The molecular formula is C94H109Cl3F8N18O. The van der Waals surface area contributed by atoms with Crippen LogP contribution in [0.5, 0.6) is 0 Å². The van der Waals surface area contributed by atoms with Crippen molar-refractivity contribution in [3.05, 3.63) is 417 Å². The average molecular weight is 1770 g/mol. The highest BCUT2D eigenvalue weighted by Gasteiger charge is 2.14. The van der Waals surface area contributed by atoms with Crippen LogP contribution in [-0.4, -0.2) is 62.8 Å². The van der Waals surface area contributed by atoms with E-state index in [1.807, 2.05) is 66.9 Å². The number of rotatable bonds is 12. The van der Waals surface area contributed by atoms with Gasteiger partial charge in [-0.3, -0.25) is 15.0 Å². The van der Waals surface area contributed by atoms with Crippen LogP contribution >= 0.6 is 34.8 Å². The van der Waals surface area contributed by atoms with E-state index >= 15 is 0 Å². The molecule has 10 aromatic carbocycles. The van der Waals surface area contributed by atoms with Gasteiger partial charge in [0, 0.05) is 107 Å². The van der Waals surface area contributed by atoms with Gasteiger partial charge >= 0.3 is 0 Å². The minimum atomic E-state index is -1.49. The molecule has 0 bridgehead atoms. The Labute approximate surface area is 735 Å². The van der Waals surface area contributed by atoms with Crippen molar-refractivity contribution in [3.63, 3.8) is 0 Å². The number of anilines is 7. The third kappa shape index (κ3) is 49.9. The van der Waals surface area contributed by atoms with Crippen molar-refractivity contribution < 1.29 is 40.2 Å². The molecule has 19 nitrogen and oxygen atoms in total. The number of nitrogens with zero attached hydrogens (tertiary/aromatic N) is 5. The number of nitrogens with two attached hydrogens (primary N) is 13. The van der Waals surface area contributed by atoms with Crippen molar-refractivity contribution in [2.45, 2.75) is 64.5 Å². The number of aliphatic hydroxyl groups excluding tert-OH is 1. The molecule has 0 spiro atoms. The van der Waals surface area contributed by atoms with Crippen molar-refractivity contribution in [1.29, 1.82) is 0 Å². The average Bonchev–Trinajstić information content (AvgIpc) is 0.854. The van der Waals surface area contributed by atoms with E-state index in [9.17, 15) is 35.1 Å². The molecule has 0 saturated heterocycles. The molecule has 0 fully saturated rings. The molecule has 4 aromatic heterocycles. The first-order valence-electron chi connectivity index (χ1n) is 38.1. The standard InChI is InChI=1S/C14H15N.C12H19NO.2C7H10N2.2C6H5ClFN.C6H6ClN.C6H4F3N.3C6H6FN.C6H9N3.C6H8N2/c15-11-10-12-6-8-14(9-7-12)13-4-2-1-3-5-13;1-12(2,3)10-6-4-9(5-7-10)11(13)8-14;8-4-3-7-2-1-5-9-6-7;8-5-4-7-3-1-2-6-9-7;7-5-3-4(8)1-2-6(5)9;7-4-1-2-6(9)5(8)3-4;7-5-1-3-6(8)4-2-5;7-4-1-3(10)2-5(8)6(4)9;7-5-1-3-6(8)4-2-5;7-5-2-1-3-6(8)4-5;7-5-3-1-2-4-6(5)8;7-2-1-6-3-8-5-9-4-6;7-4-6-2-1-3-8-5-6/h1-9H,10-11,15H2;4-7,11,14H,8,13H2,1-3H3;1-2,5-6H,3-4,8H2;1-3,6H,4-5,8H2;2*1-3H,9H2;1-4H,8H2;1-2H,10H2;3*1-4H,8H2;3-5H,1-2,7H2;1-3,5H,4,7H2/t;11-;;;;;;;;;;;/m.0.........../s1. The maximum atomic E-state index is 12.4. The van der Waals surface area contributed by atoms with Gasteiger partial charge in [-0.1, -0.05) is 171 Å². The lowest BCUT2D eigenvalue weighted by atomic mass is 9.86. The van der Waals surface area contributed by atoms with E-state index in [1.165, 1.54) is 113 Å². The van der Waals surface area contributed by atoms with Crippen LogP contribution in [0.15, 0.2) is 317 Å². The second-order valence-electron chi connectivity index (χ2n) is 26.7. The van der Waals surface area contributed by atoms with Gasteiger partial charge in [0.1, 0.15) is 35.4 Å². The monoisotopic (exact) mass is 1760 g/mol. The summed E-state index contributed by atoms with van der Waals surface area (Å²) >= 11 is 16.4. The van der Waals surface area contributed by atoms with Gasteiger partial charge in [-0.05, 0) is 235 Å². The summed E-state index contributed by atoms with van der Waals surface area (Å²) in [6.45, 7) is 9.85. The van der Waals surface area contributed by atoms with E-state index in [0.29, 0.717) is 54.8 Å². The fourth-order valence-electron chi connectivity index (χ4n) is 9.03. The Morgan fingerprint density at radius 2 is 0.839 bits per heavy atom. The number of hydrogen-bond acceptors (Lipinski definition) is 19. The second kappa shape index (κ2) is 63.3. The number of para-hydroxylation sites is 1. The van der Waals surface area contributed by atoms with Gasteiger partial charge in [0.25, 0.3) is 0 Å². The Hall–Kier alpha value is -12.6. The Kier molecular flexibility index (Phi) is 54.9. The van der Waals surface area contributed by atoms with E-state index in [4.69, 9.17) is 114 Å². The number of benzene rings is 10. The summed E-state index contributed by atoms with van der Waals surface area (Å²) in [5.41, 5.74) is 82.0. The van der Waals surface area contributed by atoms with Crippen molar-refractivity contribution in [2.75, 3.05) is 72.9 Å². The fraction of sp³-hybridized carbons (Fsp3) is 0.160. The van der Waals surface area contributed by atoms with Gasteiger partial charge < -0.3 is 79.6 Å². The van der Waals surface area contributed by atoms with Crippen LogP contribution in [0.2, 0.25) is 15.1 Å². The number of aromatic nitrogens is 5. The molecule has 0 aliphatic rings. The second-order valence-corrected chi connectivity index (χ2v) is 28.0. The smallest absolute Gasteiger partial charge is 0.194 e. The van der Waals surface area contributed by atoms with Gasteiger partial charge in [-0.2, -0.15) is 0 Å². The normalized spacial score (nSPS) is 10.0. The number of nitrogen functional groups attached to an aromatic ring is 7. The zero-order valence-electron chi connectivity index (χ0n) is 69.0. The molecule has 0 aliphatic carbocycles. The molecule has 27 N–H and O–H groups in total. The van der Waals surface area contributed by atoms with Crippen molar-refractivity contribution in [1.82, 2.24) is 24.9 Å². The highest BCUT2D eigenvalue weighted by atomic mass is 35.5. The van der Waals surface area contributed by atoms with Crippen LogP contribution in [0.1, 0.15) is 65.9 Å². The summed E-state index contributed by atoms with van der Waals surface area (Å²) in [4.78, 5) is 19.6. The van der Waals surface area contributed by atoms with E-state index in [2.05, 4.69) is 106 Å². The minimum Gasteiger partial charge on any atom is -0.399 e. The third-order valence-electron chi connectivity index (χ3n) is 15.6. The highest BCUT2D eigenvalue weighted by molar-refractivity contribution is 6.33. The van der Waals surface area contributed by atoms with Crippen LogP contribution in [-0.2, 0) is 37.6 Å². The molecule has 0 radical (unpaired) electrons. The molecule has 14 rings (SSSR count). The fourth-order valence-corrected chi connectivity index (χ4v) is 9.49. The first-order chi connectivity index (χ1) is 59.2. The maximum Gasteiger partial charge on any atom is 0.194 e. The van der Waals surface area contributed by atoms with Gasteiger partial charge in [0.2, 0.25) is 0 Å². The largest absolute Gasteiger partial charge is 0.399 e. The van der Waals surface area contributed by atoms with Crippen LogP contribution in [0, 0.1) is 46.5 Å². The first-order valence-corrected chi connectivity index (χ1v) is 39.3. The molecule has 0 aliphatic heterocycles. The summed E-state index contributed by atoms with van der Waals surface area (Å²) in [6, 6.07) is 74.7. The summed E-state index contributed by atoms with van der Waals surface area (Å²) in [5, 5.41) is 10.2. The Morgan fingerprint density at radius 1 is 0.355 bits per heavy atom. The summed E-state index contributed by atoms with van der Waals surface area (Å²) in [6.07, 6.45) is 17.6. The number of aliphatic hydroxyl groups is 1. The molecule has 14 aromatic rings. The molecule has 0 amide bonds. The van der Waals surface area contributed by atoms with Crippen LogP contribution < -0.4 is 74.5 Å². The Bertz CT molecular complexity index is 4810. The number of hydrogen-bond donors (Lipinski definition) is 14. The van der Waals surface area contributed by atoms with Gasteiger partial charge in [0.15, 0.2) is 17.5 Å². The van der Waals surface area contributed by atoms with E-state index in [-0.39, 0.29) is 63.4 Å². The minimum absolute atomic E-state index is 0.00509. The lowest BCUT2D eigenvalue weighted by Gasteiger charge is -2.19. The SMILES string of the molecule is CC(C)(C)c1ccc([C@@H](N)CO)cc1.NCCc1ccc(-c2ccccc2)cc1.NCCc1ccccn1.NCCc1cccnc1.NCCc1cncnc1.NCc1cccnc1.Nc1cc(F)c(F)c(F)c1.Nc1ccc(Cl)cc1.Nc1ccc(Cl)cc1F.Nc1ccc(F)cc1.Nc1ccc(F)cc1Cl.Nc1cccc(F)c1.Nc1ccccc1F. The number of pyridine rings is 3. The topological polar surface area (TPSA) is 423 Å². The molecule has 30 heteroatoms. The predicted octanol–water partition coefficient (Wildman–Crippen LogP) is 18.5. The third-order valence-corrected chi connectivity index (χ3v) is 16.4. The van der Waals surface area contributed by atoms with Crippen molar-refractivity contribution >= 4 is 74.6 Å². The van der Waals surface area contributed by atoms with Crippen molar-refractivity contribution in [3.8, 4) is 11.1 Å². The number of halogens is 11. The van der Waals surface area contributed by atoms with Crippen molar-refractivity contribution in [2.24, 2.45) is 34.4 Å². The van der Waals surface area contributed by atoms with E-state index in [0.717, 1.165) is 70.9 Å². The molecule has 658 valence electrons. The van der Waals surface area contributed by atoms with E-state index < -0.39 is 23.3 Å². The summed E-state index contributed by atoms with van der Waals surface area (Å²) in [5.74, 6) is -5.75.